The van der Waals surface area contributed by atoms with Crippen LogP contribution in [0.5, 0.6) is 0 Å². The van der Waals surface area contributed by atoms with Crippen LogP contribution in [0.15, 0.2) is 35.8 Å². The Morgan fingerprint density at radius 2 is 2.11 bits per heavy atom. The number of thioether (sulfide) groups is 1. The molecule has 1 saturated heterocycles. The third kappa shape index (κ3) is 3.72. The molecule has 0 aromatic heterocycles. The van der Waals surface area contributed by atoms with Crippen LogP contribution in [0.25, 0.3) is 6.08 Å². The first-order valence-corrected chi connectivity index (χ1v) is 10.7. The lowest BCUT2D eigenvalue weighted by atomic mass is 9.79. The fourth-order valence-electron chi connectivity index (χ4n) is 4.48. The summed E-state index contributed by atoms with van der Waals surface area (Å²) >= 11 is 6.71. The largest absolute Gasteiger partial charge is 0.364 e. The maximum atomic E-state index is 12.6. The van der Waals surface area contributed by atoms with Gasteiger partial charge < -0.3 is 4.90 Å². The Bertz CT molecular complexity index is 826. The average Bonchev–Trinajstić information content (AvgIpc) is 2.82. The van der Waals surface area contributed by atoms with Crippen molar-refractivity contribution in [1.82, 2.24) is 4.90 Å². The number of thiocarbonyl (C=S) groups is 1. The Hall–Kier alpha value is -1.59. The standard InChI is InChI=1S/C22H28N2OS2/c1-7-10-23-20(25)19(27-21(23)26)12-16-8-9-18-17(11-16)15(4)13-22(5,6)24(18)14(2)3/h7-9,11-12,14-15H,1,10,13H2,2-6H3/b19-12-. The van der Waals surface area contributed by atoms with Gasteiger partial charge in [0.05, 0.1) is 4.91 Å². The van der Waals surface area contributed by atoms with Crippen molar-refractivity contribution >= 4 is 46.0 Å². The van der Waals surface area contributed by atoms with Gasteiger partial charge in [-0.1, -0.05) is 43.0 Å². The highest BCUT2D eigenvalue weighted by molar-refractivity contribution is 8.26. The highest BCUT2D eigenvalue weighted by Gasteiger charge is 2.37. The van der Waals surface area contributed by atoms with Crippen molar-refractivity contribution < 1.29 is 4.79 Å². The van der Waals surface area contributed by atoms with Gasteiger partial charge in [-0.25, -0.2) is 0 Å². The summed E-state index contributed by atoms with van der Waals surface area (Å²) in [4.78, 5) is 17.4. The summed E-state index contributed by atoms with van der Waals surface area (Å²) in [5.74, 6) is 0.453. The smallest absolute Gasteiger partial charge is 0.266 e. The van der Waals surface area contributed by atoms with Gasteiger partial charge in [0.15, 0.2) is 0 Å². The molecule has 2 heterocycles. The number of hydrogen-bond donors (Lipinski definition) is 0. The van der Waals surface area contributed by atoms with E-state index < -0.39 is 0 Å². The van der Waals surface area contributed by atoms with Crippen LogP contribution in [0.4, 0.5) is 5.69 Å². The fraction of sp³-hybridized carbons (Fsp3) is 0.455. The second kappa shape index (κ2) is 7.44. The molecular formula is C22H28N2OS2. The molecule has 144 valence electrons. The molecule has 3 rings (SSSR count). The molecule has 0 aliphatic carbocycles. The molecule has 27 heavy (non-hydrogen) atoms. The van der Waals surface area contributed by atoms with E-state index in [1.54, 1.807) is 11.0 Å². The number of amides is 1. The lowest BCUT2D eigenvalue weighted by molar-refractivity contribution is -0.121. The molecule has 2 aliphatic rings. The molecular weight excluding hydrogens is 372 g/mol. The molecule has 0 bridgehead atoms. The Kier molecular flexibility index (Phi) is 5.55. The number of carbonyl (C=O) groups excluding carboxylic acids is 1. The number of rotatable bonds is 4. The minimum Gasteiger partial charge on any atom is -0.364 e. The molecule has 0 radical (unpaired) electrons. The van der Waals surface area contributed by atoms with Crippen LogP contribution < -0.4 is 4.90 Å². The zero-order valence-corrected chi connectivity index (χ0v) is 18.4. The van der Waals surface area contributed by atoms with Crippen LogP contribution in [-0.2, 0) is 4.79 Å². The third-order valence-electron chi connectivity index (χ3n) is 5.30. The van der Waals surface area contributed by atoms with Gasteiger partial charge in [0, 0.05) is 23.8 Å². The van der Waals surface area contributed by atoms with E-state index in [4.69, 9.17) is 12.2 Å². The first-order chi connectivity index (χ1) is 12.7. The van der Waals surface area contributed by atoms with E-state index in [1.165, 1.54) is 23.0 Å². The van der Waals surface area contributed by atoms with Crippen molar-refractivity contribution in [3.05, 3.63) is 46.9 Å². The average molecular weight is 401 g/mol. The van der Waals surface area contributed by atoms with Crippen LogP contribution >= 0.6 is 24.0 Å². The van der Waals surface area contributed by atoms with Crippen molar-refractivity contribution in [2.75, 3.05) is 11.4 Å². The summed E-state index contributed by atoms with van der Waals surface area (Å²) < 4.78 is 0.602. The van der Waals surface area contributed by atoms with Crippen molar-refractivity contribution in [3.63, 3.8) is 0 Å². The number of fused-ring (bicyclic) bond motifs is 1. The number of anilines is 1. The van der Waals surface area contributed by atoms with Crippen molar-refractivity contribution in [3.8, 4) is 0 Å². The molecule has 2 aliphatic heterocycles. The first kappa shape index (κ1) is 20.2. The molecule has 1 atom stereocenters. The van der Waals surface area contributed by atoms with Crippen LogP contribution in [0.2, 0.25) is 0 Å². The highest BCUT2D eigenvalue weighted by Crippen LogP contribution is 2.45. The SMILES string of the molecule is C=CCN1C(=O)/C(=C/c2ccc3c(c2)C(C)CC(C)(C)N3C(C)C)SC1=S. The second-order valence-corrected chi connectivity index (χ2v) is 9.96. The quantitative estimate of drug-likeness (QED) is 0.374. The van der Waals surface area contributed by atoms with Gasteiger partial charge in [0.25, 0.3) is 5.91 Å². The van der Waals surface area contributed by atoms with Gasteiger partial charge in [0.1, 0.15) is 4.32 Å². The molecule has 5 heteroatoms. The van der Waals surface area contributed by atoms with E-state index in [9.17, 15) is 4.79 Å². The predicted molar refractivity (Wildman–Crippen MR) is 121 cm³/mol. The Labute approximate surface area is 172 Å². The first-order valence-electron chi connectivity index (χ1n) is 9.45. The zero-order valence-electron chi connectivity index (χ0n) is 16.8. The van der Waals surface area contributed by atoms with E-state index in [2.05, 4.69) is 64.3 Å². The number of nitrogens with zero attached hydrogens (tertiary/aromatic N) is 2. The van der Waals surface area contributed by atoms with Crippen molar-refractivity contribution in [2.24, 2.45) is 0 Å². The predicted octanol–water partition coefficient (Wildman–Crippen LogP) is 5.57. The van der Waals surface area contributed by atoms with E-state index in [0.717, 1.165) is 12.0 Å². The summed E-state index contributed by atoms with van der Waals surface area (Å²) in [5, 5.41) is 0. The van der Waals surface area contributed by atoms with Gasteiger partial charge in [0.2, 0.25) is 0 Å². The van der Waals surface area contributed by atoms with E-state index in [1.807, 2.05) is 6.08 Å². The second-order valence-electron chi connectivity index (χ2n) is 8.28. The monoisotopic (exact) mass is 400 g/mol. The Morgan fingerprint density at radius 3 is 2.74 bits per heavy atom. The van der Waals surface area contributed by atoms with Crippen molar-refractivity contribution in [1.29, 1.82) is 0 Å². The maximum Gasteiger partial charge on any atom is 0.266 e. The molecule has 1 amide bonds. The number of carbonyl (C=O) groups is 1. The van der Waals surface area contributed by atoms with Crippen LogP contribution in [-0.4, -0.2) is 33.3 Å². The summed E-state index contributed by atoms with van der Waals surface area (Å²) in [7, 11) is 0. The van der Waals surface area contributed by atoms with Crippen LogP contribution in [0.3, 0.4) is 0 Å². The lowest BCUT2D eigenvalue weighted by Crippen LogP contribution is -2.51. The van der Waals surface area contributed by atoms with Crippen LogP contribution in [0, 0.1) is 0 Å². The summed E-state index contributed by atoms with van der Waals surface area (Å²) in [5.41, 5.74) is 3.86. The summed E-state index contributed by atoms with van der Waals surface area (Å²) in [6.45, 7) is 15.6. The van der Waals surface area contributed by atoms with E-state index in [-0.39, 0.29) is 11.4 Å². The Morgan fingerprint density at radius 1 is 1.41 bits per heavy atom. The molecule has 0 N–H and O–H groups in total. The van der Waals surface area contributed by atoms with Gasteiger partial charge in [-0.15, -0.1) is 6.58 Å². The highest BCUT2D eigenvalue weighted by atomic mass is 32.2. The molecule has 1 aromatic rings. The van der Waals surface area contributed by atoms with Gasteiger partial charge >= 0.3 is 0 Å². The fourth-order valence-corrected chi connectivity index (χ4v) is 5.75. The molecule has 1 unspecified atom stereocenters. The number of benzene rings is 1. The maximum absolute atomic E-state index is 12.6. The van der Waals surface area contributed by atoms with E-state index >= 15 is 0 Å². The van der Waals surface area contributed by atoms with Gasteiger partial charge in [-0.3, -0.25) is 9.69 Å². The normalized spacial score (nSPS) is 23.3. The minimum absolute atomic E-state index is 0.0272. The van der Waals surface area contributed by atoms with Gasteiger partial charge in [-0.05, 0) is 69.4 Å². The molecule has 1 fully saturated rings. The zero-order chi connectivity index (χ0) is 19.9. The molecule has 1 aromatic carbocycles. The third-order valence-corrected chi connectivity index (χ3v) is 6.68. The topological polar surface area (TPSA) is 23.6 Å². The molecule has 0 saturated carbocycles. The summed E-state index contributed by atoms with van der Waals surface area (Å²) in [6.07, 6.45) is 4.79. The van der Waals surface area contributed by atoms with Crippen LogP contribution in [0.1, 0.15) is 58.1 Å². The minimum atomic E-state index is -0.0272. The number of hydrogen-bond acceptors (Lipinski definition) is 4. The molecule has 0 spiro atoms. The van der Waals surface area contributed by atoms with Gasteiger partial charge in [-0.2, -0.15) is 0 Å². The molecule has 3 nitrogen and oxygen atoms in total. The Balaban J connectivity index is 1.97. The van der Waals surface area contributed by atoms with Crippen molar-refractivity contribution in [2.45, 2.75) is 58.5 Å². The summed E-state index contributed by atoms with van der Waals surface area (Å²) in [6, 6.07) is 7.00. The van der Waals surface area contributed by atoms with E-state index in [0.29, 0.717) is 27.7 Å². The lowest BCUT2D eigenvalue weighted by Gasteiger charge is -2.50.